The first-order valence-corrected chi connectivity index (χ1v) is 6.19. The molecule has 1 atom stereocenters. The van der Waals surface area contributed by atoms with E-state index in [1.165, 1.54) is 0 Å². The van der Waals surface area contributed by atoms with E-state index in [2.05, 4.69) is 0 Å². The van der Waals surface area contributed by atoms with E-state index in [1.54, 1.807) is 12.1 Å². The molecule has 1 nitrogen and oxygen atoms in total. The molecule has 74 valence electrons. The third kappa shape index (κ3) is 2.44. The molecule has 2 aromatic rings. The predicted octanol–water partition coefficient (Wildman–Crippen LogP) is 3.12. The maximum absolute atomic E-state index is 12.1. The van der Waals surface area contributed by atoms with Crippen molar-refractivity contribution in [2.24, 2.45) is 0 Å². The van der Waals surface area contributed by atoms with Gasteiger partial charge in [-0.1, -0.05) is 40.4 Å². The summed E-state index contributed by atoms with van der Waals surface area (Å²) in [5.41, 5.74) is 0. The molecule has 0 aliphatic rings. The van der Waals surface area contributed by atoms with Gasteiger partial charge in [0.2, 0.25) is 0 Å². The van der Waals surface area contributed by atoms with Gasteiger partial charge >= 0.3 is 7.80 Å². The topological polar surface area (TPSA) is 17.1 Å². The van der Waals surface area contributed by atoms with Crippen molar-refractivity contribution in [3.63, 3.8) is 0 Å². The Labute approximate surface area is 94.5 Å². The molecule has 0 radical (unpaired) electrons. The first kappa shape index (κ1) is 10.4. The van der Waals surface area contributed by atoms with Crippen LogP contribution in [0.2, 0.25) is 5.02 Å². The lowest BCUT2D eigenvalue weighted by Gasteiger charge is -1.90. The summed E-state index contributed by atoms with van der Waals surface area (Å²) in [6, 6.07) is 16.6. The van der Waals surface area contributed by atoms with Crippen LogP contribution in [0.3, 0.4) is 0 Å². The van der Waals surface area contributed by atoms with E-state index in [0.29, 0.717) is 5.02 Å². The largest absolute Gasteiger partial charge is 0.415 e. The van der Waals surface area contributed by atoms with E-state index >= 15 is 0 Å². The molecule has 0 aliphatic carbocycles. The van der Waals surface area contributed by atoms with Gasteiger partial charge in [0.15, 0.2) is 10.6 Å². The van der Waals surface area contributed by atoms with Crippen LogP contribution in [0.5, 0.6) is 0 Å². The Kier molecular flexibility index (Phi) is 3.15. The molecule has 0 heterocycles. The summed E-state index contributed by atoms with van der Waals surface area (Å²) >= 11 is 5.85. The van der Waals surface area contributed by atoms with E-state index in [0.717, 1.165) is 10.6 Å². The fourth-order valence-electron chi connectivity index (χ4n) is 1.31. The van der Waals surface area contributed by atoms with Crippen LogP contribution in [-0.4, -0.2) is 0 Å². The Morgan fingerprint density at radius 1 is 0.867 bits per heavy atom. The van der Waals surface area contributed by atoms with Crippen molar-refractivity contribution in [3.05, 3.63) is 59.6 Å². The second-order valence-electron chi connectivity index (χ2n) is 3.11. The summed E-state index contributed by atoms with van der Waals surface area (Å²) in [4.78, 5) is 0. The smallest absolute Gasteiger partial charge is 0.0842 e. The Bertz CT molecular complexity index is 482. The number of hydrogen-bond acceptors (Lipinski definition) is 1. The first-order valence-electron chi connectivity index (χ1n) is 4.55. The molecule has 0 spiro atoms. The SMILES string of the molecule is O=[P+](c1ccccc1)c1cccc(Cl)c1. The second kappa shape index (κ2) is 4.57. The summed E-state index contributed by atoms with van der Waals surface area (Å²) in [6.45, 7) is 0. The fraction of sp³-hybridized carbons (Fsp3) is 0. The summed E-state index contributed by atoms with van der Waals surface area (Å²) in [5.74, 6) is 0. The highest BCUT2D eigenvalue weighted by Gasteiger charge is 2.22. The van der Waals surface area contributed by atoms with Crippen molar-refractivity contribution in [2.45, 2.75) is 0 Å². The molecule has 2 aromatic carbocycles. The van der Waals surface area contributed by atoms with Crippen LogP contribution >= 0.6 is 19.4 Å². The van der Waals surface area contributed by atoms with Crippen molar-refractivity contribution in [1.82, 2.24) is 0 Å². The molecule has 0 bridgehead atoms. The van der Waals surface area contributed by atoms with Crippen LogP contribution < -0.4 is 10.6 Å². The molecule has 0 fully saturated rings. The van der Waals surface area contributed by atoms with E-state index in [4.69, 9.17) is 11.6 Å². The summed E-state index contributed by atoms with van der Waals surface area (Å²) in [5, 5.41) is 2.21. The number of benzene rings is 2. The zero-order valence-electron chi connectivity index (χ0n) is 7.93. The molecule has 3 heteroatoms. The molecule has 0 amide bonds. The molecule has 0 aliphatic heterocycles. The second-order valence-corrected chi connectivity index (χ2v) is 5.17. The minimum absolute atomic E-state index is 0.617. The highest BCUT2D eigenvalue weighted by Crippen LogP contribution is 2.20. The zero-order valence-corrected chi connectivity index (χ0v) is 9.58. The van der Waals surface area contributed by atoms with E-state index < -0.39 is 7.80 Å². The van der Waals surface area contributed by atoms with Crippen LogP contribution in [0.25, 0.3) is 0 Å². The standard InChI is InChI=1S/C12H9ClOP/c13-10-5-4-8-12(9-10)15(14)11-6-2-1-3-7-11/h1-9H/q+1. The Morgan fingerprint density at radius 3 is 2.20 bits per heavy atom. The highest BCUT2D eigenvalue weighted by atomic mass is 35.5. The lowest BCUT2D eigenvalue weighted by molar-refractivity contribution is 0.598. The van der Waals surface area contributed by atoms with Crippen LogP contribution in [0.4, 0.5) is 0 Å². The fourth-order valence-corrected chi connectivity index (χ4v) is 2.80. The molecule has 0 aromatic heterocycles. The average molecular weight is 236 g/mol. The van der Waals surface area contributed by atoms with Crippen LogP contribution in [0.15, 0.2) is 54.6 Å². The highest BCUT2D eigenvalue weighted by molar-refractivity contribution is 7.61. The minimum Gasteiger partial charge on any atom is -0.0842 e. The van der Waals surface area contributed by atoms with E-state index in [-0.39, 0.29) is 0 Å². The van der Waals surface area contributed by atoms with Crippen molar-refractivity contribution in [2.75, 3.05) is 0 Å². The average Bonchev–Trinajstić information content (AvgIpc) is 2.29. The van der Waals surface area contributed by atoms with Crippen LogP contribution in [0, 0.1) is 0 Å². The number of halogens is 1. The van der Waals surface area contributed by atoms with Crippen molar-refractivity contribution in [3.8, 4) is 0 Å². The van der Waals surface area contributed by atoms with Gasteiger partial charge in [-0.3, -0.25) is 0 Å². The summed E-state index contributed by atoms with van der Waals surface area (Å²) < 4.78 is 12.1. The van der Waals surface area contributed by atoms with Gasteiger partial charge in [0.05, 0.1) is 0 Å². The van der Waals surface area contributed by atoms with Gasteiger partial charge in [-0.25, -0.2) is 0 Å². The van der Waals surface area contributed by atoms with E-state index in [1.807, 2.05) is 42.5 Å². The molecule has 15 heavy (non-hydrogen) atoms. The minimum atomic E-state index is -1.52. The maximum Gasteiger partial charge on any atom is 0.415 e. The third-order valence-corrected chi connectivity index (χ3v) is 3.78. The van der Waals surface area contributed by atoms with Crippen molar-refractivity contribution in [1.29, 1.82) is 0 Å². The lowest BCUT2D eigenvalue weighted by Crippen LogP contribution is -2.05. The normalized spacial score (nSPS) is 11.1. The van der Waals surface area contributed by atoms with Gasteiger partial charge in [0.1, 0.15) is 0 Å². The van der Waals surface area contributed by atoms with Gasteiger partial charge in [-0.2, -0.15) is 0 Å². The quantitative estimate of drug-likeness (QED) is 0.731. The molecular weight excluding hydrogens is 227 g/mol. The van der Waals surface area contributed by atoms with Gasteiger partial charge in [-0.15, -0.1) is 0 Å². The number of rotatable bonds is 2. The van der Waals surface area contributed by atoms with Crippen LogP contribution in [0.1, 0.15) is 0 Å². The van der Waals surface area contributed by atoms with Crippen molar-refractivity contribution >= 4 is 30.0 Å². The molecule has 0 saturated heterocycles. The Hall–Kier alpha value is -1.17. The summed E-state index contributed by atoms with van der Waals surface area (Å²) in [6.07, 6.45) is 0. The lowest BCUT2D eigenvalue weighted by atomic mass is 10.4. The summed E-state index contributed by atoms with van der Waals surface area (Å²) in [7, 11) is -1.52. The predicted molar refractivity (Wildman–Crippen MR) is 64.8 cm³/mol. The van der Waals surface area contributed by atoms with Gasteiger partial charge < -0.3 is 0 Å². The zero-order chi connectivity index (χ0) is 10.7. The van der Waals surface area contributed by atoms with Gasteiger partial charge in [-0.05, 0) is 24.3 Å². The van der Waals surface area contributed by atoms with Gasteiger partial charge in [0, 0.05) is 11.1 Å². The van der Waals surface area contributed by atoms with Crippen LogP contribution in [-0.2, 0) is 4.57 Å². The third-order valence-electron chi connectivity index (χ3n) is 2.03. The molecule has 0 N–H and O–H groups in total. The Balaban J connectivity index is 2.37. The monoisotopic (exact) mass is 235 g/mol. The molecule has 2 rings (SSSR count). The number of hydrogen-bond donors (Lipinski definition) is 0. The molecular formula is C12H9ClOP+. The molecule has 0 saturated carbocycles. The molecule has 1 unspecified atom stereocenters. The van der Waals surface area contributed by atoms with Crippen molar-refractivity contribution < 1.29 is 4.57 Å². The van der Waals surface area contributed by atoms with Gasteiger partial charge in [0.25, 0.3) is 0 Å². The van der Waals surface area contributed by atoms with E-state index in [9.17, 15) is 4.57 Å². The first-order chi connectivity index (χ1) is 7.27. The maximum atomic E-state index is 12.1. The Morgan fingerprint density at radius 2 is 1.53 bits per heavy atom.